The minimum atomic E-state index is -0.520. The van der Waals surface area contributed by atoms with Crippen molar-refractivity contribution >= 4 is 23.4 Å². The van der Waals surface area contributed by atoms with E-state index in [-0.39, 0.29) is 5.91 Å². The molecule has 3 aromatic carbocycles. The first-order chi connectivity index (χ1) is 15.6. The van der Waals surface area contributed by atoms with Gasteiger partial charge in [0.15, 0.2) is 5.16 Å². The van der Waals surface area contributed by atoms with Crippen molar-refractivity contribution in [1.29, 1.82) is 0 Å². The lowest BCUT2D eigenvalue weighted by Crippen LogP contribution is -2.20. The van der Waals surface area contributed by atoms with E-state index >= 15 is 0 Å². The zero-order valence-corrected chi connectivity index (χ0v) is 19.0. The van der Waals surface area contributed by atoms with Crippen molar-refractivity contribution in [3.8, 4) is 11.4 Å². The molecule has 1 atom stereocenters. The number of ether oxygens (including phenoxy) is 1. The molecule has 0 aliphatic carbocycles. The molecule has 0 aliphatic heterocycles. The van der Waals surface area contributed by atoms with E-state index in [2.05, 4.69) is 15.5 Å². The fraction of sp³-hybridized carbons (Fsp3) is 0.160. The molecule has 0 radical (unpaired) electrons. The molecule has 32 heavy (non-hydrogen) atoms. The number of anilines is 1. The minimum absolute atomic E-state index is 0.121. The van der Waals surface area contributed by atoms with Crippen LogP contribution < -0.4 is 10.1 Å². The lowest BCUT2D eigenvalue weighted by molar-refractivity contribution is -0.115. The molecular weight excluding hydrogens is 420 g/mol. The largest absolute Gasteiger partial charge is 0.495 e. The number of nitrogens with zero attached hydrogens (tertiary/aromatic N) is 3. The molecule has 1 aromatic heterocycles. The van der Waals surface area contributed by atoms with Gasteiger partial charge in [-0.15, -0.1) is 10.2 Å². The van der Waals surface area contributed by atoms with Crippen molar-refractivity contribution in [2.75, 3.05) is 12.4 Å². The van der Waals surface area contributed by atoms with Crippen LogP contribution in [0.4, 0.5) is 5.69 Å². The standard InChI is InChI=1S/C25H24N4O2S/c1-17-13-14-18(2)20(15-17)27-24(30)23(19-9-5-4-6-10-19)32-25-28-26-16-29(25)21-11-7-8-12-22(21)31-3/h4-16,23H,1-3H3,(H,27,30)/t23-/m0/s1. The second-order valence-corrected chi connectivity index (χ2v) is 8.44. The van der Waals surface area contributed by atoms with E-state index in [4.69, 9.17) is 4.74 Å². The maximum atomic E-state index is 13.5. The number of carbonyl (C=O) groups excluding carboxylic acids is 1. The first kappa shape index (κ1) is 21.6. The SMILES string of the molecule is COc1ccccc1-n1cnnc1S[C@H](C(=O)Nc1cc(C)ccc1C)c1ccccc1. The Hall–Kier alpha value is -3.58. The zero-order chi connectivity index (χ0) is 22.5. The van der Waals surface area contributed by atoms with Crippen molar-refractivity contribution in [1.82, 2.24) is 14.8 Å². The number of thioether (sulfide) groups is 1. The third-order valence-electron chi connectivity index (χ3n) is 5.08. The van der Waals surface area contributed by atoms with Crippen molar-refractivity contribution in [3.63, 3.8) is 0 Å². The number of hydrogen-bond acceptors (Lipinski definition) is 5. The van der Waals surface area contributed by atoms with Crippen molar-refractivity contribution in [2.45, 2.75) is 24.3 Å². The Morgan fingerprint density at radius 3 is 2.56 bits per heavy atom. The smallest absolute Gasteiger partial charge is 0.242 e. The lowest BCUT2D eigenvalue weighted by atomic mass is 10.1. The van der Waals surface area contributed by atoms with Gasteiger partial charge in [-0.05, 0) is 48.7 Å². The van der Waals surface area contributed by atoms with Gasteiger partial charge in [0.05, 0.1) is 12.8 Å². The molecule has 0 fully saturated rings. The van der Waals surface area contributed by atoms with Crippen LogP contribution in [0.2, 0.25) is 0 Å². The van der Waals surface area contributed by atoms with Crippen molar-refractivity contribution in [3.05, 3.63) is 95.8 Å². The zero-order valence-electron chi connectivity index (χ0n) is 18.1. The Labute approximate surface area is 191 Å². The topological polar surface area (TPSA) is 69.0 Å². The number of aryl methyl sites for hydroxylation is 2. The maximum absolute atomic E-state index is 13.5. The Morgan fingerprint density at radius 1 is 1.03 bits per heavy atom. The molecule has 0 bridgehead atoms. The van der Waals surface area contributed by atoms with Crippen LogP contribution in [0, 0.1) is 13.8 Å². The first-order valence-corrected chi connectivity index (χ1v) is 11.1. The summed E-state index contributed by atoms with van der Waals surface area (Å²) in [6.45, 7) is 3.99. The number of rotatable bonds is 7. The normalized spacial score (nSPS) is 11.7. The van der Waals surface area contributed by atoms with Crippen LogP contribution in [0.5, 0.6) is 5.75 Å². The average Bonchev–Trinajstić information content (AvgIpc) is 3.28. The Morgan fingerprint density at radius 2 is 1.78 bits per heavy atom. The number of hydrogen-bond donors (Lipinski definition) is 1. The van der Waals surface area contributed by atoms with Crippen molar-refractivity contribution in [2.24, 2.45) is 0 Å². The molecular formula is C25H24N4O2S. The third-order valence-corrected chi connectivity index (χ3v) is 6.29. The maximum Gasteiger partial charge on any atom is 0.242 e. The second-order valence-electron chi connectivity index (χ2n) is 7.37. The molecule has 0 saturated carbocycles. The van der Waals surface area contributed by atoms with Crippen LogP contribution in [0.3, 0.4) is 0 Å². The molecule has 4 rings (SSSR count). The van der Waals surface area contributed by atoms with E-state index in [1.165, 1.54) is 11.8 Å². The van der Waals surface area contributed by atoms with Crippen LogP contribution in [0.1, 0.15) is 21.9 Å². The second kappa shape index (κ2) is 9.70. The molecule has 162 valence electrons. The van der Waals surface area contributed by atoms with Gasteiger partial charge in [0, 0.05) is 5.69 Å². The van der Waals surface area contributed by atoms with Gasteiger partial charge in [-0.1, -0.05) is 66.4 Å². The van der Waals surface area contributed by atoms with Crippen LogP contribution in [0.25, 0.3) is 5.69 Å². The highest BCUT2D eigenvalue weighted by molar-refractivity contribution is 8.00. The number of aromatic nitrogens is 3. The summed E-state index contributed by atoms with van der Waals surface area (Å²) in [7, 11) is 1.63. The highest BCUT2D eigenvalue weighted by atomic mass is 32.2. The molecule has 0 aliphatic rings. The van der Waals surface area contributed by atoms with Gasteiger partial charge in [0.2, 0.25) is 5.91 Å². The Bertz CT molecular complexity index is 1220. The lowest BCUT2D eigenvalue weighted by Gasteiger charge is -2.18. The van der Waals surface area contributed by atoms with E-state index in [1.807, 2.05) is 91.2 Å². The number of amides is 1. The predicted octanol–water partition coefficient (Wildman–Crippen LogP) is 5.36. The molecule has 7 heteroatoms. The van der Waals surface area contributed by atoms with E-state index in [0.29, 0.717) is 10.9 Å². The summed E-state index contributed by atoms with van der Waals surface area (Å²) < 4.78 is 7.34. The molecule has 1 heterocycles. The Kier molecular flexibility index (Phi) is 6.56. The van der Waals surface area contributed by atoms with Gasteiger partial charge in [-0.2, -0.15) is 0 Å². The van der Waals surface area contributed by atoms with E-state index in [9.17, 15) is 4.79 Å². The van der Waals surface area contributed by atoms with Gasteiger partial charge < -0.3 is 10.1 Å². The Balaban J connectivity index is 1.68. The van der Waals surface area contributed by atoms with E-state index in [0.717, 1.165) is 28.1 Å². The van der Waals surface area contributed by atoms with E-state index in [1.54, 1.807) is 13.4 Å². The van der Waals surface area contributed by atoms with Gasteiger partial charge in [-0.25, -0.2) is 0 Å². The summed E-state index contributed by atoms with van der Waals surface area (Å²) in [5.41, 5.74) is 4.60. The van der Waals surface area contributed by atoms with Crippen LogP contribution >= 0.6 is 11.8 Å². The summed E-state index contributed by atoms with van der Waals surface area (Å²) in [5.74, 6) is 0.578. The molecule has 0 unspecified atom stereocenters. The fourth-order valence-electron chi connectivity index (χ4n) is 3.37. The summed E-state index contributed by atoms with van der Waals surface area (Å²) in [6.07, 6.45) is 1.63. The monoisotopic (exact) mass is 444 g/mol. The van der Waals surface area contributed by atoms with Gasteiger partial charge in [0.1, 0.15) is 17.3 Å². The van der Waals surface area contributed by atoms with Crippen LogP contribution in [0.15, 0.2) is 84.3 Å². The van der Waals surface area contributed by atoms with E-state index < -0.39 is 5.25 Å². The van der Waals surface area contributed by atoms with Crippen molar-refractivity contribution < 1.29 is 9.53 Å². The summed E-state index contributed by atoms with van der Waals surface area (Å²) in [4.78, 5) is 13.5. The molecule has 1 amide bonds. The molecule has 0 spiro atoms. The average molecular weight is 445 g/mol. The summed E-state index contributed by atoms with van der Waals surface area (Å²) >= 11 is 1.35. The van der Waals surface area contributed by atoms with Gasteiger partial charge >= 0.3 is 0 Å². The summed E-state index contributed by atoms with van der Waals surface area (Å²) in [5, 5.41) is 11.6. The fourth-order valence-corrected chi connectivity index (χ4v) is 4.40. The number of nitrogens with one attached hydrogen (secondary N) is 1. The number of benzene rings is 3. The number of methoxy groups -OCH3 is 1. The summed E-state index contributed by atoms with van der Waals surface area (Å²) in [6, 6.07) is 23.4. The van der Waals surface area contributed by atoms with Gasteiger partial charge in [0.25, 0.3) is 0 Å². The third kappa shape index (κ3) is 4.68. The first-order valence-electron chi connectivity index (χ1n) is 10.2. The quantitative estimate of drug-likeness (QED) is 0.388. The molecule has 6 nitrogen and oxygen atoms in total. The molecule has 1 N–H and O–H groups in total. The van der Waals surface area contributed by atoms with Crippen LogP contribution in [-0.2, 0) is 4.79 Å². The molecule has 0 saturated heterocycles. The molecule has 4 aromatic rings. The predicted molar refractivity (Wildman–Crippen MR) is 127 cm³/mol. The minimum Gasteiger partial charge on any atom is -0.495 e. The highest BCUT2D eigenvalue weighted by Gasteiger charge is 2.26. The highest BCUT2D eigenvalue weighted by Crippen LogP contribution is 2.37. The van der Waals surface area contributed by atoms with Crippen LogP contribution in [-0.4, -0.2) is 27.8 Å². The number of para-hydroxylation sites is 2. The number of carbonyl (C=O) groups is 1. The van der Waals surface area contributed by atoms with Gasteiger partial charge in [-0.3, -0.25) is 9.36 Å².